The lowest BCUT2D eigenvalue weighted by molar-refractivity contribution is 0.391. The molecule has 0 fully saturated rings. The molecular formula is C15H13ClFIO2. The van der Waals surface area contributed by atoms with Crippen LogP contribution in [0.15, 0.2) is 36.4 Å². The molecular weight excluding hydrogens is 394 g/mol. The van der Waals surface area contributed by atoms with Crippen LogP contribution in [-0.4, -0.2) is 14.2 Å². The van der Waals surface area contributed by atoms with Crippen molar-refractivity contribution < 1.29 is 13.9 Å². The topological polar surface area (TPSA) is 18.5 Å². The van der Waals surface area contributed by atoms with Crippen LogP contribution >= 0.6 is 34.2 Å². The number of hydrogen-bond donors (Lipinski definition) is 0. The van der Waals surface area contributed by atoms with Gasteiger partial charge in [0.05, 0.1) is 19.6 Å². The number of methoxy groups -OCH3 is 2. The van der Waals surface area contributed by atoms with Crippen molar-refractivity contribution in [2.75, 3.05) is 14.2 Å². The summed E-state index contributed by atoms with van der Waals surface area (Å²) in [4.78, 5) is 0. The minimum Gasteiger partial charge on any atom is -0.497 e. The standard InChI is InChI=1S/C15H13ClFIO2/c1-19-10-4-6-12(14(8-10)20-2)15(16)11-5-3-9(17)7-13(11)18/h3-8,15H,1-2H3. The number of rotatable bonds is 4. The first-order valence-corrected chi connectivity index (χ1v) is 7.39. The summed E-state index contributed by atoms with van der Waals surface area (Å²) in [6, 6.07) is 10.0. The molecule has 20 heavy (non-hydrogen) atoms. The van der Waals surface area contributed by atoms with Gasteiger partial charge in [0.1, 0.15) is 17.3 Å². The maximum atomic E-state index is 13.2. The van der Waals surface area contributed by atoms with Gasteiger partial charge in [-0.25, -0.2) is 4.39 Å². The summed E-state index contributed by atoms with van der Waals surface area (Å²) in [5, 5.41) is -0.414. The van der Waals surface area contributed by atoms with E-state index >= 15 is 0 Å². The van der Waals surface area contributed by atoms with Gasteiger partial charge in [-0.1, -0.05) is 6.07 Å². The predicted octanol–water partition coefficient (Wildman–Crippen LogP) is 4.78. The Balaban J connectivity index is 2.44. The molecule has 2 aromatic carbocycles. The van der Waals surface area contributed by atoms with Crippen LogP contribution in [0.4, 0.5) is 4.39 Å². The molecule has 0 aliphatic rings. The van der Waals surface area contributed by atoms with Crippen LogP contribution in [0, 0.1) is 9.39 Å². The van der Waals surface area contributed by atoms with Crippen LogP contribution in [0.3, 0.4) is 0 Å². The third-order valence-corrected chi connectivity index (χ3v) is 4.35. The molecule has 0 heterocycles. The second-order valence-electron chi connectivity index (χ2n) is 4.14. The van der Waals surface area contributed by atoms with E-state index in [1.54, 1.807) is 26.4 Å². The van der Waals surface area contributed by atoms with Crippen LogP contribution in [0.1, 0.15) is 16.5 Å². The quantitative estimate of drug-likeness (QED) is 0.538. The molecule has 0 aromatic heterocycles. The Morgan fingerprint density at radius 3 is 2.35 bits per heavy atom. The van der Waals surface area contributed by atoms with Gasteiger partial charge in [0.15, 0.2) is 0 Å². The second kappa shape index (κ2) is 6.63. The van der Waals surface area contributed by atoms with E-state index in [1.165, 1.54) is 12.1 Å². The van der Waals surface area contributed by atoms with Crippen molar-refractivity contribution in [1.82, 2.24) is 0 Å². The Kier molecular flexibility index (Phi) is 5.10. The molecule has 0 aliphatic carbocycles. The van der Waals surface area contributed by atoms with Gasteiger partial charge in [-0.3, -0.25) is 0 Å². The molecule has 0 radical (unpaired) electrons. The number of ether oxygens (including phenoxy) is 2. The molecule has 5 heteroatoms. The molecule has 0 aliphatic heterocycles. The molecule has 0 spiro atoms. The lowest BCUT2D eigenvalue weighted by atomic mass is 10.0. The summed E-state index contributed by atoms with van der Waals surface area (Å²) in [5.74, 6) is 1.07. The van der Waals surface area contributed by atoms with E-state index in [0.29, 0.717) is 11.5 Å². The molecule has 0 amide bonds. The average molecular weight is 407 g/mol. The molecule has 0 N–H and O–H groups in total. The van der Waals surface area contributed by atoms with Crippen molar-refractivity contribution in [1.29, 1.82) is 0 Å². The van der Waals surface area contributed by atoms with Gasteiger partial charge in [-0.2, -0.15) is 0 Å². The molecule has 2 aromatic rings. The lowest BCUT2D eigenvalue weighted by Crippen LogP contribution is -2.00. The van der Waals surface area contributed by atoms with Gasteiger partial charge in [0.2, 0.25) is 0 Å². The number of benzene rings is 2. The zero-order valence-corrected chi connectivity index (χ0v) is 13.9. The van der Waals surface area contributed by atoms with E-state index in [0.717, 1.165) is 14.7 Å². The van der Waals surface area contributed by atoms with E-state index in [9.17, 15) is 4.39 Å². The van der Waals surface area contributed by atoms with Gasteiger partial charge >= 0.3 is 0 Å². The van der Waals surface area contributed by atoms with E-state index in [-0.39, 0.29) is 5.82 Å². The molecule has 0 saturated carbocycles. The van der Waals surface area contributed by atoms with Gasteiger partial charge in [-0.05, 0) is 52.4 Å². The van der Waals surface area contributed by atoms with Crippen molar-refractivity contribution in [3.8, 4) is 11.5 Å². The fourth-order valence-electron chi connectivity index (χ4n) is 1.90. The van der Waals surface area contributed by atoms with E-state index in [2.05, 4.69) is 22.6 Å². The zero-order valence-electron chi connectivity index (χ0n) is 11.0. The summed E-state index contributed by atoms with van der Waals surface area (Å²) >= 11 is 8.60. The second-order valence-corrected chi connectivity index (χ2v) is 5.73. The van der Waals surface area contributed by atoms with E-state index in [1.807, 2.05) is 12.1 Å². The Morgan fingerprint density at radius 2 is 1.75 bits per heavy atom. The van der Waals surface area contributed by atoms with E-state index in [4.69, 9.17) is 21.1 Å². The van der Waals surface area contributed by atoms with Gasteiger partial charge in [0.25, 0.3) is 0 Å². The van der Waals surface area contributed by atoms with Gasteiger partial charge in [-0.15, -0.1) is 11.6 Å². The fourth-order valence-corrected chi connectivity index (χ4v) is 3.25. The summed E-state index contributed by atoms with van der Waals surface area (Å²) in [5.41, 5.74) is 1.66. The summed E-state index contributed by atoms with van der Waals surface area (Å²) in [6.45, 7) is 0. The molecule has 1 atom stereocenters. The van der Waals surface area contributed by atoms with Crippen molar-refractivity contribution in [2.24, 2.45) is 0 Å². The summed E-state index contributed by atoms with van der Waals surface area (Å²) in [6.07, 6.45) is 0. The molecule has 0 bridgehead atoms. The Hall–Kier alpha value is -1.01. The summed E-state index contributed by atoms with van der Waals surface area (Å²) in [7, 11) is 3.17. The average Bonchev–Trinajstić information content (AvgIpc) is 2.46. The van der Waals surface area contributed by atoms with Crippen molar-refractivity contribution in [3.05, 3.63) is 56.9 Å². The number of halogens is 3. The Bertz CT molecular complexity index is 619. The minimum absolute atomic E-state index is 0.274. The van der Waals surface area contributed by atoms with Crippen molar-refractivity contribution in [2.45, 2.75) is 5.38 Å². The lowest BCUT2D eigenvalue weighted by Gasteiger charge is -2.16. The molecule has 2 nitrogen and oxygen atoms in total. The third-order valence-electron chi connectivity index (χ3n) is 2.95. The number of hydrogen-bond acceptors (Lipinski definition) is 2. The van der Waals surface area contributed by atoms with Crippen LogP contribution in [0.5, 0.6) is 11.5 Å². The molecule has 0 saturated heterocycles. The van der Waals surface area contributed by atoms with Gasteiger partial charge in [0, 0.05) is 15.2 Å². The van der Waals surface area contributed by atoms with E-state index < -0.39 is 5.38 Å². The first kappa shape index (κ1) is 15.4. The molecule has 1 unspecified atom stereocenters. The Labute approximate surface area is 136 Å². The minimum atomic E-state index is -0.414. The maximum absolute atomic E-state index is 13.2. The monoisotopic (exact) mass is 406 g/mol. The van der Waals surface area contributed by atoms with Crippen LogP contribution in [0.25, 0.3) is 0 Å². The first-order valence-electron chi connectivity index (χ1n) is 5.87. The van der Waals surface area contributed by atoms with Crippen LogP contribution in [0.2, 0.25) is 0 Å². The Morgan fingerprint density at radius 1 is 1.05 bits per heavy atom. The zero-order chi connectivity index (χ0) is 14.7. The van der Waals surface area contributed by atoms with Crippen molar-refractivity contribution >= 4 is 34.2 Å². The number of alkyl halides is 1. The molecule has 2 rings (SSSR count). The van der Waals surface area contributed by atoms with Crippen molar-refractivity contribution in [3.63, 3.8) is 0 Å². The van der Waals surface area contributed by atoms with Gasteiger partial charge < -0.3 is 9.47 Å². The summed E-state index contributed by atoms with van der Waals surface area (Å²) < 4.78 is 24.5. The first-order chi connectivity index (χ1) is 9.56. The molecule has 106 valence electrons. The third kappa shape index (κ3) is 3.17. The largest absolute Gasteiger partial charge is 0.497 e. The fraction of sp³-hybridized carbons (Fsp3) is 0.200. The smallest absolute Gasteiger partial charge is 0.127 e. The normalized spacial score (nSPS) is 12.1. The predicted molar refractivity (Wildman–Crippen MR) is 86.4 cm³/mol. The van der Waals surface area contributed by atoms with Crippen LogP contribution in [-0.2, 0) is 0 Å². The van der Waals surface area contributed by atoms with Crippen LogP contribution < -0.4 is 9.47 Å². The highest BCUT2D eigenvalue weighted by atomic mass is 127. The SMILES string of the molecule is COc1ccc(C(Cl)c2ccc(F)cc2I)c(OC)c1. The highest BCUT2D eigenvalue weighted by Crippen LogP contribution is 2.38. The highest BCUT2D eigenvalue weighted by Gasteiger charge is 2.19. The maximum Gasteiger partial charge on any atom is 0.127 e. The highest BCUT2D eigenvalue weighted by molar-refractivity contribution is 14.1.